The van der Waals surface area contributed by atoms with Gasteiger partial charge in [0.1, 0.15) is 23.7 Å². The molecule has 0 bridgehead atoms. The summed E-state index contributed by atoms with van der Waals surface area (Å²) in [6.07, 6.45) is 0. The molecule has 4 nitrogen and oxygen atoms in total. The van der Waals surface area contributed by atoms with Gasteiger partial charge in [-0.15, -0.1) is 0 Å². The first-order chi connectivity index (χ1) is 13.5. The molecule has 0 aliphatic heterocycles. The lowest BCUT2D eigenvalue weighted by atomic mass is 10.1. The molecule has 0 atom stereocenters. The van der Waals surface area contributed by atoms with Gasteiger partial charge in [0, 0.05) is 10.0 Å². The van der Waals surface area contributed by atoms with Crippen LogP contribution in [0.4, 0.5) is 4.39 Å². The van der Waals surface area contributed by atoms with Crippen LogP contribution in [0.2, 0.25) is 0 Å². The number of rotatable bonds is 7. The lowest BCUT2D eigenvalue weighted by molar-refractivity contribution is 0.0470. The number of carbonyl (C=O) groups is 2. The molecule has 0 saturated heterocycles. The average Bonchev–Trinajstić information content (AvgIpc) is 2.72. The zero-order valence-electron chi connectivity index (χ0n) is 14.7. The summed E-state index contributed by atoms with van der Waals surface area (Å²) in [6, 6.07) is 19.4. The minimum Gasteiger partial charge on any atom is -0.488 e. The van der Waals surface area contributed by atoms with E-state index in [4.69, 9.17) is 9.47 Å². The van der Waals surface area contributed by atoms with Gasteiger partial charge in [0.05, 0.1) is 0 Å². The van der Waals surface area contributed by atoms with Crippen molar-refractivity contribution in [3.8, 4) is 5.75 Å². The van der Waals surface area contributed by atoms with Gasteiger partial charge in [-0.2, -0.15) is 0 Å². The van der Waals surface area contributed by atoms with Gasteiger partial charge in [0.15, 0.2) is 6.61 Å². The highest BCUT2D eigenvalue weighted by atomic mass is 79.9. The summed E-state index contributed by atoms with van der Waals surface area (Å²) in [7, 11) is 0. The summed E-state index contributed by atoms with van der Waals surface area (Å²) < 4.78 is 24.5. The molecule has 0 saturated carbocycles. The monoisotopic (exact) mass is 442 g/mol. The number of hydrogen-bond donors (Lipinski definition) is 0. The smallest absolute Gasteiger partial charge is 0.342 e. The zero-order valence-corrected chi connectivity index (χ0v) is 16.3. The number of para-hydroxylation sites is 1. The van der Waals surface area contributed by atoms with Gasteiger partial charge in [-0.25, -0.2) is 9.18 Å². The number of halogens is 2. The van der Waals surface area contributed by atoms with Crippen LogP contribution >= 0.6 is 15.9 Å². The Morgan fingerprint density at radius 2 is 1.50 bits per heavy atom. The van der Waals surface area contributed by atoms with Crippen molar-refractivity contribution in [2.24, 2.45) is 0 Å². The number of ketones is 1. The van der Waals surface area contributed by atoms with Gasteiger partial charge in [-0.1, -0.05) is 58.4 Å². The molecule has 0 spiro atoms. The fourth-order valence-corrected chi connectivity index (χ4v) is 2.98. The quantitative estimate of drug-likeness (QED) is 0.372. The summed E-state index contributed by atoms with van der Waals surface area (Å²) in [4.78, 5) is 24.7. The Kier molecular flexibility index (Phi) is 6.55. The molecule has 3 aromatic carbocycles. The van der Waals surface area contributed by atoms with Crippen molar-refractivity contribution in [3.05, 3.63) is 99.8 Å². The van der Waals surface area contributed by atoms with Crippen LogP contribution in [0.3, 0.4) is 0 Å². The van der Waals surface area contributed by atoms with E-state index in [2.05, 4.69) is 15.9 Å². The van der Waals surface area contributed by atoms with Gasteiger partial charge < -0.3 is 9.47 Å². The molecule has 0 amide bonds. The first kappa shape index (κ1) is 19.8. The third-order valence-corrected chi connectivity index (χ3v) is 4.61. The van der Waals surface area contributed by atoms with Gasteiger partial charge in [0.25, 0.3) is 0 Å². The van der Waals surface area contributed by atoms with Crippen LogP contribution in [-0.2, 0) is 11.3 Å². The normalized spacial score (nSPS) is 10.4. The molecule has 0 heterocycles. The Balaban J connectivity index is 1.64. The van der Waals surface area contributed by atoms with Gasteiger partial charge in [-0.3, -0.25) is 4.79 Å². The summed E-state index contributed by atoms with van der Waals surface area (Å²) in [5.41, 5.74) is 1.41. The van der Waals surface area contributed by atoms with E-state index < -0.39 is 5.97 Å². The van der Waals surface area contributed by atoms with Crippen molar-refractivity contribution >= 4 is 27.7 Å². The Hall–Kier alpha value is -2.99. The fourth-order valence-electron chi connectivity index (χ4n) is 2.48. The second kappa shape index (κ2) is 9.28. The molecule has 0 fully saturated rings. The maximum Gasteiger partial charge on any atom is 0.342 e. The van der Waals surface area contributed by atoms with E-state index in [1.165, 1.54) is 12.1 Å². The highest BCUT2D eigenvalue weighted by molar-refractivity contribution is 9.10. The van der Waals surface area contributed by atoms with Crippen LogP contribution in [-0.4, -0.2) is 18.4 Å². The minimum atomic E-state index is -0.657. The van der Waals surface area contributed by atoms with Gasteiger partial charge in [-0.05, 0) is 35.9 Å². The molecule has 3 aromatic rings. The number of hydrogen-bond acceptors (Lipinski definition) is 4. The first-order valence-electron chi connectivity index (χ1n) is 8.45. The summed E-state index contributed by atoms with van der Waals surface area (Å²) in [6.45, 7) is -0.214. The molecular formula is C22H16BrFO4. The molecule has 0 aliphatic rings. The number of ether oxygens (including phenoxy) is 2. The molecule has 6 heteroatoms. The van der Waals surface area contributed by atoms with Crippen molar-refractivity contribution in [1.82, 2.24) is 0 Å². The number of carbonyl (C=O) groups excluding carboxylic acids is 2. The fraction of sp³-hybridized carbons (Fsp3) is 0.0909. The van der Waals surface area contributed by atoms with E-state index in [9.17, 15) is 14.0 Å². The van der Waals surface area contributed by atoms with E-state index in [1.54, 1.807) is 60.7 Å². The predicted molar refractivity (Wildman–Crippen MR) is 106 cm³/mol. The van der Waals surface area contributed by atoms with E-state index >= 15 is 0 Å². The number of Topliss-reactive ketones (excluding diaryl/α,β-unsaturated/α-hetero) is 1. The van der Waals surface area contributed by atoms with Crippen LogP contribution in [0.5, 0.6) is 5.75 Å². The Morgan fingerprint density at radius 1 is 0.857 bits per heavy atom. The molecule has 0 aromatic heterocycles. The second-order valence-corrected chi connectivity index (χ2v) is 6.74. The van der Waals surface area contributed by atoms with E-state index in [-0.39, 0.29) is 30.4 Å². The first-order valence-corrected chi connectivity index (χ1v) is 9.25. The molecular weight excluding hydrogens is 427 g/mol. The maximum atomic E-state index is 13.0. The minimum absolute atomic E-state index is 0.167. The van der Waals surface area contributed by atoms with E-state index in [0.29, 0.717) is 15.8 Å². The molecule has 142 valence electrons. The van der Waals surface area contributed by atoms with Gasteiger partial charge in [0.2, 0.25) is 5.78 Å². The van der Waals surface area contributed by atoms with E-state index in [1.807, 2.05) is 0 Å². The van der Waals surface area contributed by atoms with Crippen molar-refractivity contribution < 1.29 is 23.5 Å². The lowest BCUT2D eigenvalue weighted by Gasteiger charge is -2.11. The molecule has 0 N–H and O–H groups in total. The van der Waals surface area contributed by atoms with Crippen LogP contribution < -0.4 is 4.74 Å². The maximum absolute atomic E-state index is 13.0. The lowest BCUT2D eigenvalue weighted by Crippen LogP contribution is -2.15. The summed E-state index contributed by atoms with van der Waals surface area (Å²) >= 11 is 3.30. The highest BCUT2D eigenvalue weighted by Crippen LogP contribution is 2.21. The topological polar surface area (TPSA) is 52.6 Å². The summed E-state index contributed by atoms with van der Waals surface area (Å²) in [5, 5.41) is 0. The van der Waals surface area contributed by atoms with Crippen molar-refractivity contribution in [1.29, 1.82) is 0 Å². The average molecular weight is 443 g/mol. The molecule has 28 heavy (non-hydrogen) atoms. The predicted octanol–water partition coefficient (Wildman–Crippen LogP) is 5.21. The number of benzene rings is 3. The van der Waals surface area contributed by atoms with Gasteiger partial charge >= 0.3 is 5.97 Å². The van der Waals surface area contributed by atoms with Crippen LogP contribution in [0.25, 0.3) is 0 Å². The SMILES string of the molecule is O=C(COC(=O)c1ccccc1OCc1ccc(F)cc1)c1ccccc1Br. The second-order valence-electron chi connectivity index (χ2n) is 5.89. The molecule has 0 aliphatic carbocycles. The third kappa shape index (κ3) is 5.04. The largest absolute Gasteiger partial charge is 0.488 e. The highest BCUT2D eigenvalue weighted by Gasteiger charge is 2.17. The van der Waals surface area contributed by atoms with Crippen LogP contribution in [0, 0.1) is 5.82 Å². The van der Waals surface area contributed by atoms with Crippen molar-refractivity contribution in [2.75, 3.05) is 6.61 Å². The van der Waals surface area contributed by atoms with Crippen LogP contribution in [0.15, 0.2) is 77.3 Å². The third-order valence-electron chi connectivity index (χ3n) is 3.92. The molecule has 0 radical (unpaired) electrons. The Labute approximate surface area is 170 Å². The zero-order chi connectivity index (χ0) is 19.9. The Morgan fingerprint density at radius 3 is 2.21 bits per heavy atom. The van der Waals surface area contributed by atoms with Crippen molar-refractivity contribution in [3.63, 3.8) is 0 Å². The van der Waals surface area contributed by atoms with E-state index in [0.717, 1.165) is 5.56 Å². The van der Waals surface area contributed by atoms with Crippen LogP contribution in [0.1, 0.15) is 26.3 Å². The Bertz CT molecular complexity index is 986. The molecule has 3 rings (SSSR count). The van der Waals surface area contributed by atoms with Crippen molar-refractivity contribution in [2.45, 2.75) is 6.61 Å². The summed E-state index contributed by atoms with van der Waals surface area (Å²) in [5.74, 6) is -0.978. The molecule has 0 unspecified atom stereocenters. The standard InChI is InChI=1S/C22H16BrFO4/c23-19-7-3-1-5-17(19)20(25)14-28-22(26)18-6-2-4-8-21(18)27-13-15-9-11-16(24)12-10-15/h1-12H,13-14H2. The number of esters is 1.